The first-order valence-corrected chi connectivity index (χ1v) is 8.71. The Morgan fingerprint density at radius 3 is 2.77 bits per heavy atom. The zero-order valence-electron chi connectivity index (χ0n) is 14.2. The molecule has 0 unspecified atom stereocenters. The van der Waals surface area contributed by atoms with Gasteiger partial charge in [-0.1, -0.05) is 11.6 Å². The Hall–Kier alpha value is -2.60. The number of nitrogens with zero attached hydrogens (tertiary/aromatic N) is 1. The van der Waals surface area contributed by atoms with Gasteiger partial charge in [0.2, 0.25) is 5.91 Å². The van der Waals surface area contributed by atoms with Crippen molar-refractivity contribution in [3.8, 4) is 5.75 Å². The minimum atomic E-state index is -0.560. The summed E-state index contributed by atoms with van der Waals surface area (Å²) in [5, 5.41) is 3.08. The summed E-state index contributed by atoms with van der Waals surface area (Å²) in [6.07, 6.45) is 1.17. The molecule has 0 saturated carbocycles. The standard InChI is InChI=1S/C19H18ClFN2O3/c1-2-26-17-8-6-13(11-15(17)21)22-19(25)14-7-5-12(20)10-16(14)23-9-3-4-18(23)24/h5-8,10-11H,2-4,9H2,1H3,(H,22,25). The van der Waals surface area contributed by atoms with Crippen molar-refractivity contribution in [2.24, 2.45) is 0 Å². The molecule has 1 aliphatic rings. The summed E-state index contributed by atoms with van der Waals surface area (Å²) in [5.74, 6) is -0.926. The van der Waals surface area contributed by atoms with Crippen LogP contribution in [0.1, 0.15) is 30.1 Å². The van der Waals surface area contributed by atoms with Crippen molar-refractivity contribution in [2.45, 2.75) is 19.8 Å². The highest BCUT2D eigenvalue weighted by molar-refractivity contribution is 6.31. The van der Waals surface area contributed by atoms with E-state index in [0.717, 1.165) is 6.42 Å². The number of carbonyl (C=O) groups is 2. The molecule has 0 aromatic heterocycles. The van der Waals surface area contributed by atoms with Crippen molar-refractivity contribution in [3.63, 3.8) is 0 Å². The first-order chi connectivity index (χ1) is 12.5. The monoisotopic (exact) mass is 376 g/mol. The van der Waals surface area contributed by atoms with Gasteiger partial charge >= 0.3 is 0 Å². The maximum Gasteiger partial charge on any atom is 0.257 e. The molecule has 7 heteroatoms. The molecule has 26 heavy (non-hydrogen) atoms. The van der Waals surface area contributed by atoms with Crippen LogP contribution in [0.15, 0.2) is 36.4 Å². The van der Waals surface area contributed by atoms with Crippen LogP contribution in [0.2, 0.25) is 5.02 Å². The highest BCUT2D eigenvalue weighted by Crippen LogP contribution is 2.30. The van der Waals surface area contributed by atoms with E-state index in [2.05, 4.69) is 5.32 Å². The molecule has 0 bridgehead atoms. The summed E-state index contributed by atoms with van der Waals surface area (Å²) in [7, 11) is 0. The highest BCUT2D eigenvalue weighted by Gasteiger charge is 2.26. The van der Waals surface area contributed by atoms with Crippen LogP contribution in [-0.4, -0.2) is 25.0 Å². The average Bonchev–Trinajstić information content (AvgIpc) is 3.03. The molecule has 1 heterocycles. The van der Waals surface area contributed by atoms with E-state index in [-0.39, 0.29) is 11.7 Å². The Morgan fingerprint density at radius 2 is 2.12 bits per heavy atom. The van der Waals surface area contributed by atoms with Gasteiger partial charge in [-0.25, -0.2) is 4.39 Å². The highest BCUT2D eigenvalue weighted by atomic mass is 35.5. The summed E-state index contributed by atoms with van der Waals surface area (Å²) in [6.45, 7) is 2.65. The van der Waals surface area contributed by atoms with Crippen LogP contribution >= 0.6 is 11.6 Å². The number of amides is 2. The minimum Gasteiger partial charge on any atom is -0.491 e. The summed E-state index contributed by atoms with van der Waals surface area (Å²) in [6, 6.07) is 8.95. The molecule has 1 N–H and O–H groups in total. The van der Waals surface area contributed by atoms with Crippen LogP contribution in [0.4, 0.5) is 15.8 Å². The molecule has 0 radical (unpaired) electrons. The lowest BCUT2D eigenvalue weighted by Gasteiger charge is -2.20. The molecule has 136 valence electrons. The van der Waals surface area contributed by atoms with Crippen LogP contribution in [-0.2, 0) is 4.79 Å². The predicted octanol–water partition coefficient (Wildman–Crippen LogP) is 4.26. The molecule has 2 amide bonds. The lowest BCUT2D eigenvalue weighted by atomic mass is 10.1. The van der Waals surface area contributed by atoms with Gasteiger partial charge in [-0.05, 0) is 43.7 Å². The van der Waals surface area contributed by atoms with Crippen LogP contribution in [0.3, 0.4) is 0 Å². The molecule has 3 rings (SSSR count). The fourth-order valence-electron chi connectivity index (χ4n) is 2.87. The number of anilines is 2. The third kappa shape index (κ3) is 3.80. The SMILES string of the molecule is CCOc1ccc(NC(=O)c2ccc(Cl)cc2N2CCCC2=O)cc1F. The maximum absolute atomic E-state index is 14.0. The van der Waals surface area contributed by atoms with E-state index in [4.69, 9.17) is 16.3 Å². The quantitative estimate of drug-likeness (QED) is 0.848. The number of hydrogen-bond donors (Lipinski definition) is 1. The van der Waals surface area contributed by atoms with Crippen molar-refractivity contribution >= 4 is 34.8 Å². The molecule has 1 saturated heterocycles. The molecule has 1 aliphatic heterocycles. The maximum atomic E-state index is 14.0. The molecule has 2 aromatic rings. The van der Waals surface area contributed by atoms with Crippen LogP contribution in [0.25, 0.3) is 0 Å². The second-order valence-corrected chi connectivity index (χ2v) is 6.28. The summed E-state index contributed by atoms with van der Waals surface area (Å²) in [5.41, 5.74) is 1.06. The fraction of sp³-hybridized carbons (Fsp3) is 0.263. The lowest BCUT2D eigenvalue weighted by molar-refractivity contribution is -0.117. The first-order valence-electron chi connectivity index (χ1n) is 8.33. The Kier molecular flexibility index (Phi) is 5.42. The van der Waals surface area contributed by atoms with Gasteiger partial charge in [0.1, 0.15) is 0 Å². The van der Waals surface area contributed by atoms with Gasteiger partial charge in [0.15, 0.2) is 11.6 Å². The second kappa shape index (κ2) is 7.74. The van der Waals surface area contributed by atoms with E-state index >= 15 is 0 Å². The number of benzene rings is 2. The summed E-state index contributed by atoms with van der Waals surface area (Å²) < 4.78 is 19.1. The van der Waals surface area contributed by atoms with Gasteiger partial charge in [-0.3, -0.25) is 9.59 Å². The normalized spacial score (nSPS) is 13.8. The molecule has 0 atom stereocenters. The van der Waals surface area contributed by atoms with Crippen molar-refractivity contribution < 1.29 is 18.7 Å². The molecule has 1 fully saturated rings. The zero-order chi connectivity index (χ0) is 18.7. The van der Waals surface area contributed by atoms with Gasteiger partial charge in [0.05, 0.1) is 17.9 Å². The number of halogens is 2. The number of carbonyl (C=O) groups excluding carboxylic acids is 2. The lowest BCUT2D eigenvalue weighted by Crippen LogP contribution is -2.27. The largest absolute Gasteiger partial charge is 0.491 e. The van der Waals surface area contributed by atoms with Crippen LogP contribution in [0, 0.1) is 5.82 Å². The Bertz CT molecular complexity index is 857. The third-order valence-corrected chi connectivity index (χ3v) is 4.29. The van der Waals surface area contributed by atoms with Gasteiger partial charge < -0.3 is 15.0 Å². The Balaban J connectivity index is 1.86. The molecule has 0 spiro atoms. The zero-order valence-corrected chi connectivity index (χ0v) is 15.0. The molecule has 0 aliphatic carbocycles. The van der Waals surface area contributed by atoms with Gasteiger partial charge in [0, 0.05) is 29.7 Å². The van der Waals surface area contributed by atoms with Gasteiger partial charge in [0.25, 0.3) is 5.91 Å². The van der Waals surface area contributed by atoms with Crippen LogP contribution in [0.5, 0.6) is 5.75 Å². The van der Waals surface area contributed by atoms with E-state index in [9.17, 15) is 14.0 Å². The van der Waals surface area contributed by atoms with Crippen molar-refractivity contribution in [3.05, 3.63) is 52.8 Å². The Morgan fingerprint density at radius 1 is 1.31 bits per heavy atom. The smallest absolute Gasteiger partial charge is 0.257 e. The van der Waals surface area contributed by atoms with E-state index in [0.29, 0.717) is 41.5 Å². The predicted molar refractivity (Wildman–Crippen MR) is 98.6 cm³/mol. The van der Waals surface area contributed by atoms with Crippen molar-refractivity contribution in [2.75, 3.05) is 23.4 Å². The number of hydrogen-bond acceptors (Lipinski definition) is 3. The van der Waals surface area contributed by atoms with Gasteiger partial charge in [-0.15, -0.1) is 0 Å². The summed E-state index contributed by atoms with van der Waals surface area (Å²) in [4.78, 5) is 26.3. The van der Waals surface area contributed by atoms with Crippen molar-refractivity contribution in [1.82, 2.24) is 0 Å². The van der Waals surface area contributed by atoms with Crippen LogP contribution < -0.4 is 15.0 Å². The van der Waals surface area contributed by atoms with E-state index in [1.807, 2.05) is 0 Å². The van der Waals surface area contributed by atoms with Crippen molar-refractivity contribution in [1.29, 1.82) is 0 Å². The molecule has 2 aromatic carbocycles. The third-order valence-electron chi connectivity index (χ3n) is 4.06. The number of rotatable bonds is 5. The number of ether oxygens (including phenoxy) is 1. The Labute approximate surface area is 155 Å². The fourth-order valence-corrected chi connectivity index (χ4v) is 3.04. The van der Waals surface area contributed by atoms with E-state index in [1.54, 1.807) is 36.1 Å². The number of nitrogens with one attached hydrogen (secondary N) is 1. The second-order valence-electron chi connectivity index (χ2n) is 5.84. The minimum absolute atomic E-state index is 0.0478. The molecule has 5 nitrogen and oxygen atoms in total. The first kappa shape index (κ1) is 18.2. The van der Waals surface area contributed by atoms with Gasteiger partial charge in [-0.2, -0.15) is 0 Å². The molecular weight excluding hydrogens is 359 g/mol. The van der Waals surface area contributed by atoms with E-state index < -0.39 is 11.7 Å². The summed E-state index contributed by atoms with van der Waals surface area (Å²) >= 11 is 6.04. The van der Waals surface area contributed by atoms with E-state index in [1.165, 1.54) is 12.1 Å². The average molecular weight is 377 g/mol. The topological polar surface area (TPSA) is 58.6 Å². The molecular formula is C19H18ClFN2O3.